The molecular formula is C16H27NO4. The lowest BCUT2D eigenvalue weighted by molar-refractivity contribution is 0.168. The van der Waals surface area contributed by atoms with Crippen LogP contribution in [0.1, 0.15) is 26.2 Å². The number of unbranched alkanes of at least 4 members (excludes halogenated alkanes) is 1. The Labute approximate surface area is 127 Å². The van der Waals surface area contributed by atoms with Gasteiger partial charge in [0.25, 0.3) is 0 Å². The van der Waals surface area contributed by atoms with Crippen molar-refractivity contribution >= 4 is 0 Å². The topological polar surface area (TPSA) is 60.0 Å². The minimum absolute atomic E-state index is 0.136. The van der Waals surface area contributed by atoms with Gasteiger partial charge in [0.1, 0.15) is 17.2 Å². The van der Waals surface area contributed by atoms with Gasteiger partial charge in [-0.2, -0.15) is 0 Å². The van der Waals surface area contributed by atoms with Crippen LogP contribution >= 0.6 is 0 Å². The number of rotatable bonds is 10. The first-order chi connectivity index (χ1) is 10.1. The van der Waals surface area contributed by atoms with Gasteiger partial charge in [-0.1, -0.05) is 0 Å². The molecule has 0 heterocycles. The molecule has 0 aromatic heterocycles. The molecule has 2 N–H and O–H groups in total. The van der Waals surface area contributed by atoms with Crippen LogP contribution in [-0.2, 0) is 0 Å². The predicted molar refractivity (Wildman–Crippen MR) is 83.4 cm³/mol. The molecule has 0 aliphatic carbocycles. The first-order valence-corrected chi connectivity index (χ1v) is 7.22. The zero-order valence-electron chi connectivity index (χ0n) is 13.4. The van der Waals surface area contributed by atoms with Crippen LogP contribution in [0.5, 0.6) is 17.2 Å². The van der Waals surface area contributed by atoms with E-state index in [1.54, 1.807) is 14.2 Å². The summed E-state index contributed by atoms with van der Waals surface area (Å²) >= 11 is 0. The van der Waals surface area contributed by atoms with Gasteiger partial charge in [0, 0.05) is 23.7 Å². The third-order valence-electron chi connectivity index (χ3n) is 3.67. The van der Waals surface area contributed by atoms with Gasteiger partial charge in [0.05, 0.1) is 27.4 Å². The number of likely N-dealkylation sites (N-methyl/N-ethyl adjacent to an activating group) is 1. The highest BCUT2D eigenvalue weighted by molar-refractivity contribution is 5.41. The summed E-state index contributed by atoms with van der Waals surface area (Å²) in [6, 6.07) is 5.49. The molecule has 1 unspecified atom stereocenters. The largest absolute Gasteiger partial charge is 0.496 e. The molecule has 0 amide bonds. The van der Waals surface area contributed by atoms with E-state index in [1.165, 1.54) is 0 Å². The molecule has 0 fully saturated rings. The highest BCUT2D eigenvalue weighted by Crippen LogP contribution is 2.27. The Balaban J connectivity index is 2.39. The van der Waals surface area contributed by atoms with Crippen molar-refractivity contribution < 1.29 is 19.3 Å². The fourth-order valence-corrected chi connectivity index (χ4v) is 1.96. The molecule has 5 heteroatoms. The number of benzene rings is 1. The lowest BCUT2D eigenvalue weighted by atomic mass is 9.96. The molecule has 21 heavy (non-hydrogen) atoms. The molecule has 0 aliphatic heterocycles. The number of hydrogen-bond donors (Lipinski definition) is 2. The first-order valence-electron chi connectivity index (χ1n) is 7.22. The second-order valence-corrected chi connectivity index (χ2v) is 5.32. The number of hydrogen-bond acceptors (Lipinski definition) is 5. The van der Waals surface area contributed by atoms with Crippen molar-refractivity contribution in [1.82, 2.24) is 5.32 Å². The van der Waals surface area contributed by atoms with Crippen molar-refractivity contribution in [3.8, 4) is 17.2 Å². The molecule has 0 saturated heterocycles. The van der Waals surface area contributed by atoms with Crippen LogP contribution in [0.15, 0.2) is 18.2 Å². The minimum atomic E-state index is -0.209. The summed E-state index contributed by atoms with van der Waals surface area (Å²) in [5.41, 5.74) is -0.209. The zero-order valence-corrected chi connectivity index (χ0v) is 13.4. The quantitative estimate of drug-likeness (QED) is 0.649. The van der Waals surface area contributed by atoms with E-state index in [1.807, 2.05) is 32.2 Å². The summed E-state index contributed by atoms with van der Waals surface area (Å²) in [5.74, 6) is 2.17. The molecule has 5 nitrogen and oxygen atoms in total. The Morgan fingerprint density at radius 2 is 1.62 bits per heavy atom. The van der Waals surface area contributed by atoms with Gasteiger partial charge >= 0.3 is 0 Å². The maximum absolute atomic E-state index is 9.31. The Kier molecular flexibility index (Phi) is 7.32. The maximum Gasteiger partial charge on any atom is 0.126 e. The molecule has 1 aromatic rings. The van der Waals surface area contributed by atoms with Crippen molar-refractivity contribution in [1.29, 1.82) is 0 Å². The predicted octanol–water partition coefficient (Wildman–Crippen LogP) is 2.22. The standard InChI is InChI=1S/C16H27NO4/c1-16(12-18,17-2)7-5-6-8-21-15-10-13(19-3)9-14(11-15)20-4/h9-11,17-18H,5-8,12H2,1-4H3. The van der Waals surface area contributed by atoms with E-state index in [4.69, 9.17) is 14.2 Å². The van der Waals surface area contributed by atoms with E-state index in [-0.39, 0.29) is 12.1 Å². The molecule has 1 aromatic carbocycles. The molecule has 120 valence electrons. The molecule has 0 saturated carbocycles. The molecule has 1 rings (SSSR count). The highest BCUT2D eigenvalue weighted by atomic mass is 16.5. The normalized spacial score (nSPS) is 13.6. The second-order valence-electron chi connectivity index (χ2n) is 5.32. The average Bonchev–Trinajstić information content (AvgIpc) is 2.53. The van der Waals surface area contributed by atoms with Gasteiger partial charge in [-0.3, -0.25) is 0 Å². The van der Waals surface area contributed by atoms with E-state index >= 15 is 0 Å². The molecule has 0 radical (unpaired) electrons. The van der Waals surface area contributed by atoms with Gasteiger partial charge in [0.15, 0.2) is 0 Å². The van der Waals surface area contributed by atoms with E-state index in [0.717, 1.165) is 25.0 Å². The molecule has 0 spiro atoms. The summed E-state index contributed by atoms with van der Waals surface area (Å²) in [6.07, 6.45) is 2.82. The number of methoxy groups -OCH3 is 2. The third kappa shape index (κ3) is 5.81. The smallest absolute Gasteiger partial charge is 0.126 e. The highest BCUT2D eigenvalue weighted by Gasteiger charge is 2.19. The molecule has 0 aliphatic rings. The van der Waals surface area contributed by atoms with Gasteiger partial charge in [-0.25, -0.2) is 0 Å². The second kappa shape index (κ2) is 8.74. The van der Waals surface area contributed by atoms with Gasteiger partial charge in [0.2, 0.25) is 0 Å². The van der Waals surface area contributed by atoms with Crippen LogP contribution in [0.4, 0.5) is 0 Å². The van der Waals surface area contributed by atoms with Crippen LogP contribution in [0.3, 0.4) is 0 Å². The van der Waals surface area contributed by atoms with Crippen molar-refractivity contribution in [3.05, 3.63) is 18.2 Å². The van der Waals surface area contributed by atoms with Crippen molar-refractivity contribution in [2.45, 2.75) is 31.7 Å². The summed E-state index contributed by atoms with van der Waals surface area (Å²) < 4.78 is 16.1. The van der Waals surface area contributed by atoms with E-state index < -0.39 is 0 Å². The van der Waals surface area contributed by atoms with Crippen LogP contribution in [0, 0.1) is 0 Å². The number of aliphatic hydroxyl groups is 1. The summed E-state index contributed by atoms with van der Waals surface area (Å²) in [5, 5.41) is 12.5. The molecular weight excluding hydrogens is 270 g/mol. The van der Waals surface area contributed by atoms with Crippen molar-refractivity contribution in [2.24, 2.45) is 0 Å². The van der Waals surface area contributed by atoms with E-state index in [9.17, 15) is 5.11 Å². The summed E-state index contributed by atoms with van der Waals surface area (Å²) in [6.45, 7) is 2.78. The summed E-state index contributed by atoms with van der Waals surface area (Å²) in [7, 11) is 5.10. The zero-order chi connectivity index (χ0) is 15.7. The third-order valence-corrected chi connectivity index (χ3v) is 3.67. The van der Waals surface area contributed by atoms with E-state index in [2.05, 4.69) is 5.32 Å². The van der Waals surface area contributed by atoms with E-state index in [0.29, 0.717) is 18.1 Å². The van der Waals surface area contributed by atoms with Crippen molar-refractivity contribution in [2.75, 3.05) is 34.5 Å². The van der Waals surface area contributed by atoms with Crippen LogP contribution in [0.25, 0.3) is 0 Å². The Morgan fingerprint density at radius 3 is 2.10 bits per heavy atom. The molecule has 1 atom stereocenters. The van der Waals surface area contributed by atoms with Gasteiger partial charge < -0.3 is 24.6 Å². The Bertz CT molecular complexity index is 396. The van der Waals surface area contributed by atoms with Crippen LogP contribution in [-0.4, -0.2) is 45.1 Å². The first kappa shape index (κ1) is 17.6. The summed E-state index contributed by atoms with van der Waals surface area (Å²) in [4.78, 5) is 0. The number of ether oxygens (including phenoxy) is 3. The average molecular weight is 297 g/mol. The number of nitrogens with one attached hydrogen (secondary N) is 1. The Hall–Kier alpha value is -1.46. The lowest BCUT2D eigenvalue weighted by Crippen LogP contribution is -2.43. The Morgan fingerprint density at radius 1 is 1.05 bits per heavy atom. The van der Waals surface area contributed by atoms with Crippen molar-refractivity contribution in [3.63, 3.8) is 0 Å². The monoisotopic (exact) mass is 297 g/mol. The fourth-order valence-electron chi connectivity index (χ4n) is 1.96. The SMILES string of the molecule is CNC(C)(CO)CCCCOc1cc(OC)cc(OC)c1. The fraction of sp³-hybridized carbons (Fsp3) is 0.625. The molecule has 0 bridgehead atoms. The number of aliphatic hydroxyl groups excluding tert-OH is 1. The van der Waals surface area contributed by atoms with Crippen LogP contribution < -0.4 is 19.5 Å². The minimum Gasteiger partial charge on any atom is -0.496 e. The lowest BCUT2D eigenvalue weighted by Gasteiger charge is -2.26. The maximum atomic E-state index is 9.31. The van der Waals surface area contributed by atoms with Gasteiger partial charge in [-0.05, 0) is 33.2 Å². The van der Waals surface area contributed by atoms with Gasteiger partial charge in [-0.15, -0.1) is 0 Å². The van der Waals surface area contributed by atoms with Crippen LogP contribution in [0.2, 0.25) is 0 Å².